The van der Waals surface area contributed by atoms with Crippen molar-refractivity contribution < 1.29 is 5.11 Å². The van der Waals surface area contributed by atoms with Crippen LogP contribution in [-0.2, 0) is 5.60 Å². The summed E-state index contributed by atoms with van der Waals surface area (Å²) in [5.41, 5.74) is 3.59. The number of benzene rings is 1. The first-order valence-corrected chi connectivity index (χ1v) is 10.3. The molecule has 4 heteroatoms. The van der Waals surface area contributed by atoms with Crippen LogP contribution in [0.1, 0.15) is 50.2 Å². The summed E-state index contributed by atoms with van der Waals surface area (Å²) in [6, 6.07) is 8.20. The molecule has 0 aliphatic carbocycles. The first kappa shape index (κ1) is 22.1. The van der Waals surface area contributed by atoms with E-state index < -0.39 is 5.60 Å². The lowest BCUT2D eigenvalue weighted by Gasteiger charge is -2.27. The smallest absolute Gasteiger partial charge is 0.101 e. The Hall–Kier alpha value is -2.17. The molecule has 0 aromatic heterocycles. The fourth-order valence-corrected chi connectivity index (χ4v) is 3.39. The maximum atomic E-state index is 11.0. The molecule has 2 rings (SSSR count). The first-order chi connectivity index (χ1) is 13.5. The van der Waals surface area contributed by atoms with Crippen molar-refractivity contribution >= 4 is 5.84 Å². The van der Waals surface area contributed by atoms with Gasteiger partial charge >= 0.3 is 0 Å². The Balaban J connectivity index is 1.67. The van der Waals surface area contributed by atoms with E-state index >= 15 is 0 Å². The van der Waals surface area contributed by atoms with E-state index in [0.717, 1.165) is 56.0 Å². The van der Waals surface area contributed by atoms with Crippen LogP contribution in [0.5, 0.6) is 0 Å². The Morgan fingerprint density at radius 3 is 2.64 bits per heavy atom. The minimum Gasteiger partial charge on any atom is -0.385 e. The van der Waals surface area contributed by atoms with Gasteiger partial charge in [0.25, 0.3) is 0 Å². The molecule has 0 bridgehead atoms. The van der Waals surface area contributed by atoms with Gasteiger partial charge in [-0.1, -0.05) is 62.1 Å². The van der Waals surface area contributed by atoms with Gasteiger partial charge in [0, 0.05) is 18.7 Å². The molecule has 1 aliphatic rings. The van der Waals surface area contributed by atoms with Crippen molar-refractivity contribution in [1.29, 1.82) is 0 Å². The number of rotatable bonds is 10. The van der Waals surface area contributed by atoms with Crippen LogP contribution in [0.3, 0.4) is 0 Å². The van der Waals surface area contributed by atoms with Gasteiger partial charge in [0.05, 0.1) is 5.60 Å². The largest absolute Gasteiger partial charge is 0.385 e. The second kappa shape index (κ2) is 11.0. The summed E-state index contributed by atoms with van der Waals surface area (Å²) in [7, 11) is 0. The molecular formula is C24H35N3O. The number of amidine groups is 1. The average molecular weight is 382 g/mol. The third-order valence-electron chi connectivity index (χ3n) is 5.34. The molecular weight excluding hydrogens is 346 g/mol. The number of aliphatic imine (C=N–C) groups is 1. The fourth-order valence-electron chi connectivity index (χ4n) is 3.39. The molecule has 1 fully saturated rings. The molecule has 28 heavy (non-hydrogen) atoms. The number of aliphatic hydroxyl groups is 1. The van der Waals surface area contributed by atoms with Gasteiger partial charge in [-0.15, -0.1) is 0 Å². The number of allylic oxidation sites excluding steroid dienone is 3. The third-order valence-corrected chi connectivity index (χ3v) is 5.34. The molecule has 0 saturated carbocycles. The topological polar surface area (TPSA) is 56.7 Å². The van der Waals surface area contributed by atoms with Crippen molar-refractivity contribution in [2.75, 3.05) is 19.6 Å². The van der Waals surface area contributed by atoms with Crippen LogP contribution in [0.4, 0.5) is 0 Å². The van der Waals surface area contributed by atoms with Crippen LogP contribution >= 0.6 is 0 Å². The zero-order valence-electron chi connectivity index (χ0n) is 17.4. The van der Waals surface area contributed by atoms with Crippen LogP contribution in [0.25, 0.3) is 0 Å². The number of nitrogens with zero attached hydrogens (tertiary/aromatic N) is 1. The summed E-state index contributed by atoms with van der Waals surface area (Å²) >= 11 is 0. The number of nitrogens with one attached hydrogen (secondary N) is 2. The minimum atomic E-state index is -0.760. The summed E-state index contributed by atoms with van der Waals surface area (Å²) in [4.78, 5) is 4.65. The van der Waals surface area contributed by atoms with Crippen LogP contribution in [0.15, 0.2) is 65.8 Å². The van der Waals surface area contributed by atoms with Crippen molar-refractivity contribution in [3.63, 3.8) is 0 Å². The molecule has 1 saturated heterocycles. The summed E-state index contributed by atoms with van der Waals surface area (Å²) in [6.07, 6.45) is 8.08. The second-order valence-electron chi connectivity index (χ2n) is 7.46. The molecule has 0 amide bonds. The van der Waals surface area contributed by atoms with E-state index in [4.69, 9.17) is 0 Å². The number of aryl methyl sites for hydroxylation is 1. The van der Waals surface area contributed by atoms with Gasteiger partial charge < -0.3 is 15.7 Å². The van der Waals surface area contributed by atoms with Gasteiger partial charge in [-0.2, -0.15) is 0 Å². The highest BCUT2D eigenvalue weighted by molar-refractivity contribution is 5.86. The van der Waals surface area contributed by atoms with Crippen molar-refractivity contribution in [3.8, 4) is 0 Å². The van der Waals surface area contributed by atoms with Crippen LogP contribution in [0.2, 0.25) is 0 Å². The molecule has 4 nitrogen and oxygen atoms in total. The predicted molar refractivity (Wildman–Crippen MR) is 120 cm³/mol. The molecule has 1 aliphatic heterocycles. The van der Waals surface area contributed by atoms with E-state index in [-0.39, 0.29) is 0 Å². The highest BCUT2D eigenvalue weighted by atomic mass is 16.3. The predicted octanol–water partition coefficient (Wildman–Crippen LogP) is 4.37. The molecule has 0 radical (unpaired) electrons. The summed E-state index contributed by atoms with van der Waals surface area (Å²) in [6.45, 7) is 14.4. The molecule has 0 spiro atoms. The lowest BCUT2D eigenvalue weighted by Crippen LogP contribution is -2.31. The molecule has 1 heterocycles. The summed E-state index contributed by atoms with van der Waals surface area (Å²) < 4.78 is 0. The van der Waals surface area contributed by atoms with E-state index in [1.54, 1.807) is 6.08 Å². The maximum absolute atomic E-state index is 11.0. The monoisotopic (exact) mass is 381 g/mol. The van der Waals surface area contributed by atoms with Gasteiger partial charge in [-0.05, 0) is 56.8 Å². The van der Waals surface area contributed by atoms with Crippen LogP contribution in [-0.4, -0.2) is 30.6 Å². The Kier molecular flexibility index (Phi) is 8.68. The second-order valence-corrected chi connectivity index (χ2v) is 7.46. The van der Waals surface area contributed by atoms with Gasteiger partial charge in [0.1, 0.15) is 5.84 Å². The standard InChI is InChI=1S/C24H35N3O/c1-5-8-21-11-14-23(27-20(21)4)26-17-7-16-25-18-15-24(28,6-2)22-12-9-19(3)10-13-22/h5,8-10,12-13,25,28H,1,4,6-7,11,14-18H2,2-3H3,(H,26,27)/b21-8-. The molecule has 1 atom stereocenters. The Labute approximate surface area is 170 Å². The maximum Gasteiger partial charge on any atom is 0.101 e. The van der Waals surface area contributed by atoms with Crippen molar-refractivity contribution in [2.45, 2.75) is 51.6 Å². The number of hydrogen-bond acceptors (Lipinski definition) is 3. The molecule has 1 unspecified atom stereocenters. The molecule has 1 aromatic carbocycles. The van der Waals surface area contributed by atoms with Gasteiger partial charge in [-0.25, -0.2) is 0 Å². The van der Waals surface area contributed by atoms with E-state index in [0.29, 0.717) is 12.8 Å². The van der Waals surface area contributed by atoms with Crippen LogP contribution < -0.4 is 10.6 Å². The third kappa shape index (κ3) is 6.47. The van der Waals surface area contributed by atoms with Crippen molar-refractivity contribution in [3.05, 3.63) is 72.0 Å². The SMILES string of the molecule is C=C/C=C1/CCC(=NCCCNCCC(O)(CC)c2ccc(C)cc2)NC1=C. The highest BCUT2D eigenvalue weighted by Gasteiger charge is 2.26. The van der Waals surface area contributed by atoms with E-state index in [1.807, 2.05) is 25.1 Å². The number of hydrogen-bond donors (Lipinski definition) is 3. The summed E-state index contributed by atoms with van der Waals surface area (Å²) in [5.74, 6) is 1.02. The lowest BCUT2D eigenvalue weighted by molar-refractivity contribution is 0.0237. The summed E-state index contributed by atoms with van der Waals surface area (Å²) in [5, 5.41) is 17.7. The molecule has 1 aromatic rings. The van der Waals surface area contributed by atoms with E-state index in [2.05, 4.69) is 47.8 Å². The highest BCUT2D eigenvalue weighted by Crippen LogP contribution is 2.28. The first-order valence-electron chi connectivity index (χ1n) is 10.3. The zero-order chi connectivity index (χ0) is 20.4. The Morgan fingerprint density at radius 1 is 1.25 bits per heavy atom. The van der Waals surface area contributed by atoms with Crippen molar-refractivity contribution in [2.24, 2.45) is 4.99 Å². The van der Waals surface area contributed by atoms with Gasteiger partial charge in [0.2, 0.25) is 0 Å². The quantitative estimate of drug-likeness (QED) is 0.528. The van der Waals surface area contributed by atoms with E-state index in [1.165, 1.54) is 11.1 Å². The van der Waals surface area contributed by atoms with Gasteiger partial charge in [-0.3, -0.25) is 4.99 Å². The van der Waals surface area contributed by atoms with Crippen LogP contribution in [0, 0.1) is 6.92 Å². The van der Waals surface area contributed by atoms with Crippen molar-refractivity contribution in [1.82, 2.24) is 10.6 Å². The Morgan fingerprint density at radius 2 is 2.00 bits per heavy atom. The number of piperidine rings is 1. The Bertz CT molecular complexity index is 718. The lowest BCUT2D eigenvalue weighted by atomic mass is 9.87. The normalized spacial score (nSPS) is 19.5. The zero-order valence-corrected chi connectivity index (χ0v) is 17.4. The molecule has 152 valence electrons. The minimum absolute atomic E-state index is 0.709. The van der Waals surface area contributed by atoms with Gasteiger partial charge in [0.15, 0.2) is 0 Å². The van der Waals surface area contributed by atoms with E-state index in [9.17, 15) is 5.11 Å². The average Bonchev–Trinajstić information content (AvgIpc) is 2.69. The molecule has 3 N–H and O–H groups in total. The fraction of sp³-hybridized carbons (Fsp3) is 0.458.